The zero-order valence-corrected chi connectivity index (χ0v) is 16.7. The van der Waals surface area contributed by atoms with E-state index < -0.39 is 10.0 Å². The standard InChI is InChI=1S/C20H22N4O4S/c1-2-28-18-7-9-19(10-8-18)29(26,27)22-12-11-20(25)23-16-3-5-17(6-4-16)24-14-13-21-15-24/h3-10,13-15,22H,2,11-12H2,1H3,(H,23,25). The quantitative estimate of drug-likeness (QED) is 0.560. The maximum atomic E-state index is 12.3. The largest absolute Gasteiger partial charge is 0.494 e. The minimum Gasteiger partial charge on any atom is -0.494 e. The smallest absolute Gasteiger partial charge is 0.240 e. The van der Waals surface area contributed by atoms with Crippen LogP contribution in [0.5, 0.6) is 5.75 Å². The molecule has 2 aromatic carbocycles. The Morgan fingerprint density at radius 1 is 1.10 bits per heavy atom. The Balaban J connectivity index is 1.48. The highest BCUT2D eigenvalue weighted by atomic mass is 32.2. The summed E-state index contributed by atoms with van der Waals surface area (Å²) in [5.74, 6) is 0.319. The molecule has 3 aromatic rings. The van der Waals surface area contributed by atoms with Gasteiger partial charge in [-0.25, -0.2) is 18.1 Å². The molecule has 3 rings (SSSR count). The molecule has 2 N–H and O–H groups in total. The zero-order valence-electron chi connectivity index (χ0n) is 15.9. The maximum Gasteiger partial charge on any atom is 0.240 e. The molecule has 0 unspecified atom stereocenters. The fourth-order valence-electron chi connectivity index (χ4n) is 2.62. The molecule has 1 amide bonds. The van der Waals surface area contributed by atoms with Crippen molar-refractivity contribution in [1.29, 1.82) is 0 Å². The predicted molar refractivity (Wildman–Crippen MR) is 110 cm³/mol. The zero-order chi connectivity index (χ0) is 20.7. The number of nitrogens with one attached hydrogen (secondary N) is 2. The second-order valence-corrected chi connectivity index (χ2v) is 7.88. The maximum absolute atomic E-state index is 12.3. The molecule has 0 radical (unpaired) electrons. The van der Waals surface area contributed by atoms with Gasteiger partial charge in [0.15, 0.2) is 0 Å². The summed E-state index contributed by atoms with van der Waals surface area (Å²) in [5.41, 5.74) is 1.55. The highest BCUT2D eigenvalue weighted by Crippen LogP contribution is 2.16. The molecule has 9 heteroatoms. The van der Waals surface area contributed by atoms with Crippen molar-refractivity contribution in [2.24, 2.45) is 0 Å². The number of hydrogen-bond acceptors (Lipinski definition) is 5. The summed E-state index contributed by atoms with van der Waals surface area (Å²) in [5, 5.41) is 2.75. The lowest BCUT2D eigenvalue weighted by atomic mass is 10.2. The van der Waals surface area contributed by atoms with E-state index in [9.17, 15) is 13.2 Å². The number of nitrogens with zero attached hydrogens (tertiary/aromatic N) is 2. The molecule has 0 spiro atoms. The van der Waals surface area contributed by atoms with Crippen molar-refractivity contribution >= 4 is 21.6 Å². The Labute approximate surface area is 169 Å². The molecule has 0 bridgehead atoms. The van der Waals surface area contributed by atoms with Gasteiger partial charge in [0.25, 0.3) is 0 Å². The number of hydrogen-bond donors (Lipinski definition) is 2. The Hall–Kier alpha value is -3.17. The lowest BCUT2D eigenvalue weighted by molar-refractivity contribution is -0.116. The van der Waals surface area contributed by atoms with Crippen LogP contribution < -0.4 is 14.8 Å². The molecule has 8 nitrogen and oxygen atoms in total. The highest BCUT2D eigenvalue weighted by Gasteiger charge is 2.14. The molecular weight excluding hydrogens is 392 g/mol. The number of aromatic nitrogens is 2. The molecule has 0 aliphatic carbocycles. The van der Waals surface area contributed by atoms with Gasteiger partial charge in [0, 0.05) is 36.7 Å². The molecule has 0 saturated carbocycles. The summed E-state index contributed by atoms with van der Waals surface area (Å²) in [6.45, 7) is 2.35. The van der Waals surface area contributed by atoms with Crippen LogP contribution in [0.15, 0.2) is 72.1 Å². The Morgan fingerprint density at radius 3 is 2.45 bits per heavy atom. The second-order valence-electron chi connectivity index (χ2n) is 6.12. The Morgan fingerprint density at radius 2 is 1.83 bits per heavy atom. The number of benzene rings is 2. The SMILES string of the molecule is CCOc1ccc(S(=O)(=O)NCCC(=O)Nc2ccc(-n3ccnc3)cc2)cc1. The number of amides is 1. The van der Waals surface area contributed by atoms with Gasteiger partial charge >= 0.3 is 0 Å². The lowest BCUT2D eigenvalue weighted by Crippen LogP contribution is -2.27. The van der Waals surface area contributed by atoms with Gasteiger partial charge in [-0.3, -0.25) is 4.79 Å². The molecule has 152 valence electrons. The summed E-state index contributed by atoms with van der Waals surface area (Å²) in [7, 11) is -3.69. The fourth-order valence-corrected chi connectivity index (χ4v) is 3.65. The minimum absolute atomic E-state index is 0.00546. The summed E-state index contributed by atoms with van der Waals surface area (Å²) < 4.78 is 34.2. The second kappa shape index (κ2) is 9.35. The van der Waals surface area contributed by atoms with Crippen molar-refractivity contribution in [1.82, 2.24) is 14.3 Å². The average molecular weight is 414 g/mol. The van der Waals surface area contributed by atoms with Gasteiger partial charge in [0.1, 0.15) is 5.75 Å². The molecule has 29 heavy (non-hydrogen) atoms. The summed E-state index contributed by atoms with van der Waals surface area (Å²) >= 11 is 0. The minimum atomic E-state index is -3.69. The summed E-state index contributed by atoms with van der Waals surface area (Å²) in [4.78, 5) is 16.2. The number of ether oxygens (including phenoxy) is 1. The van der Waals surface area contributed by atoms with Crippen LogP contribution in [-0.4, -0.2) is 37.0 Å². The van der Waals surface area contributed by atoms with Gasteiger partial charge in [-0.05, 0) is 55.5 Å². The molecule has 0 aliphatic heterocycles. The van der Waals surface area contributed by atoms with Gasteiger partial charge in [-0.2, -0.15) is 0 Å². The van der Waals surface area contributed by atoms with E-state index >= 15 is 0 Å². The fraction of sp³-hybridized carbons (Fsp3) is 0.200. The van der Waals surface area contributed by atoms with E-state index in [1.54, 1.807) is 36.8 Å². The van der Waals surface area contributed by atoms with Gasteiger partial charge in [0.2, 0.25) is 15.9 Å². The third-order valence-electron chi connectivity index (χ3n) is 4.04. The number of carbonyl (C=O) groups excluding carboxylic acids is 1. The van der Waals surface area contributed by atoms with Crippen LogP contribution in [0.2, 0.25) is 0 Å². The Bertz CT molecular complexity index is 1030. The van der Waals surface area contributed by atoms with E-state index in [1.807, 2.05) is 29.8 Å². The molecular formula is C20H22N4O4S. The van der Waals surface area contributed by atoms with Crippen LogP contribution in [0.3, 0.4) is 0 Å². The molecule has 1 aromatic heterocycles. The van der Waals surface area contributed by atoms with Crippen molar-refractivity contribution in [2.45, 2.75) is 18.2 Å². The van der Waals surface area contributed by atoms with Crippen molar-refractivity contribution in [3.63, 3.8) is 0 Å². The van der Waals surface area contributed by atoms with Crippen molar-refractivity contribution in [2.75, 3.05) is 18.5 Å². The number of sulfonamides is 1. The Kier molecular flexibility index (Phi) is 6.63. The van der Waals surface area contributed by atoms with Crippen LogP contribution >= 0.6 is 0 Å². The van der Waals surface area contributed by atoms with Crippen LogP contribution in [-0.2, 0) is 14.8 Å². The average Bonchev–Trinajstić information content (AvgIpc) is 3.24. The molecule has 1 heterocycles. The predicted octanol–water partition coefficient (Wildman–Crippen LogP) is 2.58. The lowest BCUT2D eigenvalue weighted by Gasteiger charge is -2.09. The van der Waals surface area contributed by atoms with Gasteiger partial charge in [-0.15, -0.1) is 0 Å². The number of imidazole rings is 1. The normalized spacial score (nSPS) is 11.2. The van der Waals surface area contributed by atoms with E-state index in [4.69, 9.17) is 4.74 Å². The topological polar surface area (TPSA) is 102 Å². The highest BCUT2D eigenvalue weighted by molar-refractivity contribution is 7.89. The molecule has 0 aliphatic rings. The third kappa shape index (κ3) is 5.66. The monoisotopic (exact) mass is 414 g/mol. The van der Waals surface area contributed by atoms with Crippen LogP contribution in [0.1, 0.15) is 13.3 Å². The third-order valence-corrected chi connectivity index (χ3v) is 5.52. The van der Waals surface area contributed by atoms with E-state index in [0.717, 1.165) is 5.69 Å². The first-order valence-corrected chi connectivity index (χ1v) is 10.6. The van der Waals surface area contributed by atoms with E-state index in [2.05, 4.69) is 15.0 Å². The van der Waals surface area contributed by atoms with E-state index in [0.29, 0.717) is 18.0 Å². The first-order valence-electron chi connectivity index (χ1n) is 9.09. The number of carbonyl (C=O) groups is 1. The van der Waals surface area contributed by atoms with Gasteiger partial charge in [-0.1, -0.05) is 0 Å². The first-order chi connectivity index (χ1) is 14.0. The number of anilines is 1. The molecule has 0 atom stereocenters. The van der Waals surface area contributed by atoms with Crippen LogP contribution in [0, 0.1) is 0 Å². The van der Waals surface area contributed by atoms with E-state index in [-0.39, 0.29) is 23.8 Å². The van der Waals surface area contributed by atoms with Crippen LogP contribution in [0.25, 0.3) is 5.69 Å². The van der Waals surface area contributed by atoms with Gasteiger partial charge in [0.05, 0.1) is 17.8 Å². The first kappa shape index (κ1) is 20.6. The summed E-state index contributed by atoms with van der Waals surface area (Å²) in [6.07, 6.45) is 5.21. The van der Waals surface area contributed by atoms with Gasteiger partial charge < -0.3 is 14.6 Å². The van der Waals surface area contributed by atoms with Crippen molar-refractivity contribution in [3.8, 4) is 11.4 Å². The summed E-state index contributed by atoms with van der Waals surface area (Å²) in [6, 6.07) is 13.4. The van der Waals surface area contributed by atoms with E-state index in [1.165, 1.54) is 12.1 Å². The van der Waals surface area contributed by atoms with Crippen LogP contribution in [0.4, 0.5) is 5.69 Å². The molecule has 0 saturated heterocycles. The van der Waals surface area contributed by atoms with Crippen molar-refractivity contribution < 1.29 is 17.9 Å². The van der Waals surface area contributed by atoms with Crippen molar-refractivity contribution in [3.05, 3.63) is 67.3 Å². The molecule has 0 fully saturated rings. The number of rotatable bonds is 9.